The smallest absolute Gasteiger partial charge is 0.249 e. The molecule has 0 aliphatic carbocycles. The third kappa shape index (κ3) is 1.61. The molecular weight excluding hydrogens is 268 g/mol. The number of halogens is 1. The number of nitrogens with zero attached hydrogens (tertiary/aromatic N) is 1. The molecule has 1 amide bonds. The molecule has 3 nitrogen and oxygen atoms in total. The molecule has 1 N–H and O–H groups in total. The maximum absolute atomic E-state index is 12.0. The van der Waals surface area contributed by atoms with Gasteiger partial charge in [-0.3, -0.25) is 4.79 Å². The number of amides is 1. The summed E-state index contributed by atoms with van der Waals surface area (Å²) in [5.74, 6) is 0.0416. The summed E-state index contributed by atoms with van der Waals surface area (Å²) >= 11 is 3.41. The maximum atomic E-state index is 12.0. The molecule has 1 aliphatic heterocycles. The number of hydrogen-bond acceptors (Lipinski definition) is 2. The molecule has 1 aliphatic rings. The van der Waals surface area contributed by atoms with Crippen LogP contribution < -0.4 is 10.2 Å². The van der Waals surface area contributed by atoms with Crippen LogP contribution in [0.3, 0.4) is 0 Å². The van der Waals surface area contributed by atoms with Crippen LogP contribution in [0.15, 0.2) is 22.7 Å². The number of fused-ring (bicyclic) bond motifs is 1. The molecule has 0 spiro atoms. The molecule has 86 valence electrons. The Balaban J connectivity index is 2.56. The van der Waals surface area contributed by atoms with Crippen LogP contribution in [-0.2, 0) is 4.79 Å². The van der Waals surface area contributed by atoms with E-state index in [0.717, 1.165) is 22.4 Å². The van der Waals surface area contributed by atoms with Crippen LogP contribution >= 0.6 is 15.9 Å². The van der Waals surface area contributed by atoms with Crippen molar-refractivity contribution >= 4 is 33.2 Å². The molecule has 1 aromatic rings. The summed E-state index contributed by atoms with van der Waals surface area (Å²) < 4.78 is 0.974. The molecule has 0 radical (unpaired) electrons. The van der Waals surface area contributed by atoms with Crippen molar-refractivity contribution in [2.75, 3.05) is 16.8 Å². The van der Waals surface area contributed by atoms with E-state index in [4.69, 9.17) is 0 Å². The minimum atomic E-state index is -0.490. The highest BCUT2D eigenvalue weighted by Gasteiger charge is 2.39. The standard InChI is InChI=1S/C12H15BrN2O/c1-4-15-10-6-5-8(13)7-9(10)14-11(16)12(15,2)3/h5-7H,4H2,1-3H3,(H,14,16). The molecule has 1 aromatic carbocycles. The van der Waals surface area contributed by atoms with Crippen LogP contribution in [0.1, 0.15) is 20.8 Å². The fraction of sp³-hybridized carbons (Fsp3) is 0.417. The van der Waals surface area contributed by atoms with Gasteiger partial charge in [-0.25, -0.2) is 0 Å². The Morgan fingerprint density at radius 1 is 1.44 bits per heavy atom. The van der Waals surface area contributed by atoms with Gasteiger partial charge in [0.15, 0.2) is 0 Å². The van der Waals surface area contributed by atoms with E-state index >= 15 is 0 Å². The van der Waals surface area contributed by atoms with E-state index in [1.165, 1.54) is 0 Å². The number of likely N-dealkylation sites (N-methyl/N-ethyl adjacent to an activating group) is 1. The fourth-order valence-corrected chi connectivity index (χ4v) is 2.47. The molecule has 16 heavy (non-hydrogen) atoms. The van der Waals surface area contributed by atoms with Gasteiger partial charge >= 0.3 is 0 Å². The lowest BCUT2D eigenvalue weighted by Crippen LogP contribution is -2.55. The second-order valence-corrected chi connectivity index (χ2v) is 5.33. The predicted molar refractivity (Wildman–Crippen MR) is 69.9 cm³/mol. The van der Waals surface area contributed by atoms with Gasteiger partial charge in [0.2, 0.25) is 5.91 Å². The number of carbonyl (C=O) groups is 1. The fourth-order valence-electron chi connectivity index (χ4n) is 2.11. The van der Waals surface area contributed by atoms with Gasteiger partial charge in [-0.1, -0.05) is 15.9 Å². The molecule has 1 heterocycles. The first-order valence-corrected chi connectivity index (χ1v) is 6.14. The molecule has 0 saturated heterocycles. The average molecular weight is 283 g/mol. The van der Waals surface area contributed by atoms with Gasteiger partial charge in [0.05, 0.1) is 11.4 Å². The second kappa shape index (κ2) is 3.77. The number of anilines is 2. The lowest BCUT2D eigenvalue weighted by Gasteiger charge is -2.43. The summed E-state index contributed by atoms with van der Waals surface area (Å²) in [5, 5.41) is 2.94. The Bertz CT molecular complexity index is 443. The Hall–Kier alpha value is -1.03. The summed E-state index contributed by atoms with van der Waals surface area (Å²) in [6.07, 6.45) is 0. The van der Waals surface area contributed by atoms with Gasteiger partial charge in [-0.05, 0) is 39.0 Å². The van der Waals surface area contributed by atoms with Gasteiger partial charge in [0, 0.05) is 11.0 Å². The average Bonchev–Trinajstić information content (AvgIpc) is 2.20. The zero-order valence-electron chi connectivity index (χ0n) is 9.67. The maximum Gasteiger partial charge on any atom is 0.249 e. The van der Waals surface area contributed by atoms with Gasteiger partial charge in [0.25, 0.3) is 0 Å². The van der Waals surface area contributed by atoms with Gasteiger partial charge in [-0.2, -0.15) is 0 Å². The minimum absolute atomic E-state index is 0.0416. The quantitative estimate of drug-likeness (QED) is 0.859. The van der Waals surface area contributed by atoms with E-state index in [0.29, 0.717) is 0 Å². The van der Waals surface area contributed by atoms with Crippen molar-refractivity contribution in [3.05, 3.63) is 22.7 Å². The Morgan fingerprint density at radius 3 is 2.75 bits per heavy atom. The zero-order chi connectivity index (χ0) is 11.9. The minimum Gasteiger partial charge on any atom is -0.356 e. The van der Waals surface area contributed by atoms with E-state index < -0.39 is 5.54 Å². The van der Waals surface area contributed by atoms with Crippen molar-refractivity contribution in [2.24, 2.45) is 0 Å². The Morgan fingerprint density at radius 2 is 2.12 bits per heavy atom. The first-order valence-electron chi connectivity index (χ1n) is 5.35. The van der Waals surface area contributed by atoms with Gasteiger partial charge < -0.3 is 10.2 Å². The molecule has 2 rings (SSSR count). The largest absolute Gasteiger partial charge is 0.356 e. The summed E-state index contributed by atoms with van der Waals surface area (Å²) in [6, 6.07) is 5.96. The molecule has 0 bridgehead atoms. The normalized spacial score (nSPS) is 18.0. The number of nitrogens with one attached hydrogen (secondary N) is 1. The van der Waals surface area contributed by atoms with Crippen LogP contribution in [0.5, 0.6) is 0 Å². The lowest BCUT2D eigenvalue weighted by atomic mass is 9.96. The second-order valence-electron chi connectivity index (χ2n) is 4.42. The third-order valence-electron chi connectivity index (χ3n) is 3.04. The first kappa shape index (κ1) is 11.5. The summed E-state index contributed by atoms with van der Waals surface area (Å²) in [4.78, 5) is 14.1. The van der Waals surface area contributed by atoms with Crippen LogP contribution in [0, 0.1) is 0 Å². The summed E-state index contributed by atoms with van der Waals surface area (Å²) in [6.45, 7) is 6.76. The molecule has 4 heteroatoms. The first-order chi connectivity index (χ1) is 7.46. The zero-order valence-corrected chi connectivity index (χ0v) is 11.3. The number of carbonyl (C=O) groups excluding carboxylic acids is 1. The highest BCUT2D eigenvalue weighted by atomic mass is 79.9. The summed E-state index contributed by atoms with van der Waals surface area (Å²) in [5.41, 5.74) is 1.46. The van der Waals surface area contributed by atoms with E-state index in [-0.39, 0.29) is 5.91 Å². The van der Waals surface area contributed by atoms with Crippen molar-refractivity contribution in [2.45, 2.75) is 26.3 Å². The van der Waals surface area contributed by atoms with Gasteiger partial charge in [0.1, 0.15) is 5.54 Å². The van der Waals surface area contributed by atoms with Crippen LogP contribution in [0.4, 0.5) is 11.4 Å². The molecule has 0 atom stereocenters. The molecule has 0 aromatic heterocycles. The van der Waals surface area contributed by atoms with Crippen molar-refractivity contribution in [1.29, 1.82) is 0 Å². The number of rotatable bonds is 1. The third-order valence-corrected chi connectivity index (χ3v) is 3.54. The lowest BCUT2D eigenvalue weighted by molar-refractivity contribution is -0.120. The van der Waals surface area contributed by atoms with Crippen molar-refractivity contribution < 1.29 is 4.79 Å². The molecule has 0 fully saturated rings. The van der Waals surface area contributed by atoms with E-state index in [1.807, 2.05) is 32.0 Å². The van der Waals surface area contributed by atoms with Crippen molar-refractivity contribution in [3.63, 3.8) is 0 Å². The topological polar surface area (TPSA) is 32.3 Å². The van der Waals surface area contributed by atoms with E-state index in [1.54, 1.807) is 0 Å². The summed E-state index contributed by atoms with van der Waals surface area (Å²) in [7, 11) is 0. The predicted octanol–water partition coefficient (Wildman–Crippen LogP) is 3.01. The molecular formula is C12H15BrN2O. The van der Waals surface area contributed by atoms with Crippen molar-refractivity contribution in [3.8, 4) is 0 Å². The van der Waals surface area contributed by atoms with E-state index in [9.17, 15) is 4.79 Å². The Labute approximate surface area is 104 Å². The highest BCUT2D eigenvalue weighted by Crippen LogP contribution is 2.37. The van der Waals surface area contributed by atoms with Crippen LogP contribution in [0.25, 0.3) is 0 Å². The van der Waals surface area contributed by atoms with Crippen LogP contribution in [-0.4, -0.2) is 18.0 Å². The van der Waals surface area contributed by atoms with Crippen molar-refractivity contribution in [1.82, 2.24) is 0 Å². The Kier molecular flexibility index (Phi) is 2.70. The van der Waals surface area contributed by atoms with Gasteiger partial charge in [-0.15, -0.1) is 0 Å². The highest BCUT2D eigenvalue weighted by molar-refractivity contribution is 9.10. The SMILES string of the molecule is CCN1c2ccc(Br)cc2NC(=O)C1(C)C. The number of hydrogen-bond donors (Lipinski definition) is 1. The van der Waals surface area contributed by atoms with Crippen LogP contribution in [0.2, 0.25) is 0 Å². The number of benzene rings is 1. The molecule has 0 saturated carbocycles. The van der Waals surface area contributed by atoms with E-state index in [2.05, 4.69) is 33.1 Å². The monoisotopic (exact) mass is 282 g/mol. The molecule has 0 unspecified atom stereocenters.